The molecular weight excluding hydrogens is 204 g/mol. The van der Waals surface area contributed by atoms with Crippen molar-refractivity contribution in [2.24, 2.45) is 11.5 Å². The third-order valence-corrected chi connectivity index (χ3v) is 3.00. The highest BCUT2D eigenvalue weighted by molar-refractivity contribution is 5.83. The number of hydrogen-bond donors (Lipinski definition) is 2. The molecule has 4 N–H and O–H groups in total. The molecule has 0 saturated heterocycles. The molecule has 4 heteroatoms. The Morgan fingerprint density at radius 2 is 1.81 bits per heavy atom. The van der Waals surface area contributed by atoms with Gasteiger partial charge in [0.1, 0.15) is 0 Å². The standard InChI is InChI=1S/C12H26N2O2/c1-5-11(2,3)16-9-7-6-8-12(4,14)10(13)15/h5-9,14H2,1-4H3,(H2,13,15). The summed E-state index contributed by atoms with van der Waals surface area (Å²) in [7, 11) is 0. The van der Waals surface area contributed by atoms with Crippen LogP contribution in [0.15, 0.2) is 0 Å². The molecule has 96 valence electrons. The molecule has 0 spiro atoms. The molecule has 0 aliphatic carbocycles. The molecule has 0 saturated carbocycles. The maximum absolute atomic E-state index is 11.0. The first-order valence-corrected chi connectivity index (χ1v) is 5.94. The Balaban J connectivity index is 3.66. The van der Waals surface area contributed by atoms with Gasteiger partial charge in [-0.15, -0.1) is 0 Å². The van der Waals surface area contributed by atoms with Gasteiger partial charge in [0.25, 0.3) is 0 Å². The molecule has 0 radical (unpaired) electrons. The Morgan fingerprint density at radius 3 is 2.25 bits per heavy atom. The summed E-state index contributed by atoms with van der Waals surface area (Å²) in [6, 6.07) is 0. The molecule has 0 aliphatic rings. The van der Waals surface area contributed by atoms with E-state index in [-0.39, 0.29) is 5.60 Å². The number of amides is 1. The maximum atomic E-state index is 11.0. The van der Waals surface area contributed by atoms with Crippen molar-refractivity contribution in [3.05, 3.63) is 0 Å². The summed E-state index contributed by atoms with van der Waals surface area (Å²) in [5.74, 6) is -0.442. The van der Waals surface area contributed by atoms with Gasteiger partial charge in [-0.3, -0.25) is 4.79 Å². The lowest BCUT2D eigenvalue weighted by Crippen LogP contribution is -2.49. The van der Waals surface area contributed by atoms with Crippen molar-refractivity contribution >= 4 is 5.91 Å². The van der Waals surface area contributed by atoms with Crippen molar-refractivity contribution in [2.75, 3.05) is 6.61 Å². The number of carbonyl (C=O) groups is 1. The van der Waals surface area contributed by atoms with E-state index in [0.717, 1.165) is 19.3 Å². The zero-order valence-electron chi connectivity index (χ0n) is 11.0. The zero-order valence-corrected chi connectivity index (χ0v) is 11.0. The average Bonchev–Trinajstić information content (AvgIpc) is 2.16. The molecule has 0 aromatic heterocycles. The first kappa shape index (κ1) is 15.4. The first-order chi connectivity index (χ1) is 7.21. The molecule has 0 fully saturated rings. The molecule has 0 bridgehead atoms. The summed E-state index contributed by atoms with van der Waals surface area (Å²) in [6.07, 6.45) is 3.36. The number of nitrogens with two attached hydrogens (primary N) is 2. The predicted molar refractivity (Wildman–Crippen MR) is 66.0 cm³/mol. The quantitative estimate of drug-likeness (QED) is 0.621. The Morgan fingerprint density at radius 1 is 1.25 bits per heavy atom. The first-order valence-electron chi connectivity index (χ1n) is 5.94. The molecule has 0 heterocycles. The van der Waals surface area contributed by atoms with Crippen LogP contribution in [-0.2, 0) is 9.53 Å². The summed E-state index contributed by atoms with van der Waals surface area (Å²) in [5, 5.41) is 0. The van der Waals surface area contributed by atoms with E-state index >= 15 is 0 Å². The van der Waals surface area contributed by atoms with E-state index in [4.69, 9.17) is 16.2 Å². The summed E-state index contributed by atoms with van der Waals surface area (Å²) >= 11 is 0. The fraction of sp³-hybridized carbons (Fsp3) is 0.917. The molecule has 1 unspecified atom stereocenters. The Kier molecular flexibility index (Phi) is 5.97. The van der Waals surface area contributed by atoms with Gasteiger partial charge in [-0.2, -0.15) is 0 Å². The topological polar surface area (TPSA) is 78.3 Å². The number of hydrogen-bond acceptors (Lipinski definition) is 3. The fourth-order valence-electron chi connectivity index (χ4n) is 1.17. The van der Waals surface area contributed by atoms with Crippen LogP contribution in [0.4, 0.5) is 0 Å². The number of carbonyl (C=O) groups excluding carboxylic acids is 1. The second-order valence-electron chi connectivity index (χ2n) is 5.20. The van der Waals surface area contributed by atoms with E-state index in [0.29, 0.717) is 13.0 Å². The van der Waals surface area contributed by atoms with Crippen LogP contribution in [-0.4, -0.2) is 23.7 Å². The molecule has 0 aromatic carbocycles. The van der Waals surface area contributed by atoms with E-state index in [9.17, 15) is 4.79 Å². The second-order valence-corrected chi connectivity index (χ2v) is 5.20. The second kappa shape index (κ2) is 6.21. The molecule has 0 aromatic rings. The Hall–Kier alpha value is -0.610. The molecular formula is C12H26N2O2. The summed E-state index contributed by atoms with van der Waals surface area (Å²) in [4.78, 5) is 11.0. The lowest BCUT2D eigenvalue weighted by atomic mass is 9.95. The van der Waals surface area contributed by atoms with Gasteiger partial charge in [0.2, 0.25) is 5.91 Å². The molecule has 4 nitrogen and oxygen atoms in total. The Bertz CT molecular complexity index is 225. The lowest BCUT2D eigenvalue weighted by molar-refractivity contribution is -0.122. The average molecular weight is 230 g/mol. The molecule has 0 rings (SSSR count). The van der Waals surface area contributed by atoms with Gasteiger partial charge < -0.3 is 16.2 Å². The smallest absolute Gasteiger partial charge is 0.237 e. The fourth-order valence-corrected chi connectivity index (χ4v) is 1.17. The van der Waals surface area contributed by atoms with Gasteiger partial charge in [0.05, 0.1) is 11.1 Å². The van der Waals surface area contributed by atoms with Gasteiger partial charge in [-0.05, 0) is 46.5 Å². The highest BCUT2D eigenvalue weighted by Gasteiger charge is 2.24. The van der Waals surface area contributed by atoms with E-state index in [2.05, 4.69) is 20.8 Å². The molecule has 0 aliphatic heterocycles. The van der Waals surface area contributed by atoms with E-state index in [1.165, 1.54) is 0 Å². The van der Waals surface area contributed by atoms with Crippen molar-refractivity contribution in [1.82, 2.24) is 0 Å². The largest absolute Gasteiger partial charge is 0.376 e. The lowest BCUT2D eigenvalue weighted by Gasteiger charge is -2.24. The molecule has 1 amide bonds. The number of ether oxygens (including phenoxy) is 1. The van der Waals surface area contributed by atoms with E-state index in [1.54, 1.807) is 6.92 Å². The van der Waals surface area contributed by atoms with Gasteiger partial charge >= 0.3 is 0 Å². The summed E-state index contributed by atoms with van der Waals surface area (Å²) < 4.78 is 5.70. The van der Waals surface area contributed by atoms with Gasteiger partial charge in [0.15, 0.2) is 0 Å². The monoisotopic (exact) mass is 230 g/mol. The third-order valence-electron chi connectivity index (χ3n) is 3.00. The van der Waals surface area contributed by atoms with Crippen LogP contribution < -0.4 is 11.5 Å². The zero-order chi connectivity index (χ0) is 12.8. The van der Waals surface area contributed by atoms with Crippen molar-refractivity contribution in [3.8, 4) is 0 Å². The SMILES string of the molecule is CCC(C)(C)OCCCCC(C)(N)C(N)=O. The summed E-state index contributed by atoms with van der Waals surface area (Å²) in [6.45, 7) is 8.62. The van der Waals surface area contributed by atoms with Crippen LogP contribution >= 0.6 is 0 Å². The van der Waals surface area contributed by atoms with Crippen LogP contribution in [0.3, 0.4) is 0 Å². The van der Waals surface area contributed by atoms with Crippen molar-refractivity contribution < 1.29 is 9.53 Å². The maximum Gasteiger partial charge on any atom is 0.237 e. The van der Waals surface area contributed by atoms with Crippen LogP contribution in [0.2, 0.25) is 0 Å². The minimum atomic E-state index is -0.889. The Labute approximate surface area is 98.7 Å². The van der Waals surface area contributed by atoms with E-state index in [1.807, 2.05) is 0 Å². The van der Waals surface area contributed by atoms with Gasteiger partial charge in [0, 0.05) is 6.61 Å². The number of unbranched alkanes of at least 4 members (excludes halogenated alkanes) is 1. The number of primary amides is 1. The normalized spacial score (nSPS) is 15.8. The minimum Gasteiger partial charge on any atom is -0.376 e. The highest BCUT2D eigenvalue weighted by Crippen LogP contribution is 2.15. The van der Waals surface area contributed by atoms with E-state index < -0.39 is 11.4 Å². The molecule has 16 heavy (non-hydrogen) atoms. The van der Waals surface area contributed by atoms with Crippen LogP contribution in [0, 0.1) is 0 Å². The summed E-state index contributed by atoms with van der Waals surface area (Å²) in [5.41, 5.74) is 9.97. The van der Waals surface area contributed by atoms with Crippen molar-refractivity contribution in [1.29, 1.82) is 0 Å². The minimum absolute atomic E-state index is 0.0598. The van der Waals surface area contributed by atoms with Crippen LogP contribution in [0.25, 0.3) is 0 Å². The molecule has 1 atom stereocenters. The van der Waals surface area contributed by atoms with Crippen LogP contribution in [0.5, 0.6) is 0 Å². The third kappa shape index (κ3) is 6.08. The van der Waals surface area contributed by atoms with Crippen LogP contribution in [0.1, 0.15) is 53.4 Å². The highest BCUT2D eigenvalue weighted by atomic mass is 16.5. The van der Waals surface area contributed by atoms with Crippen molar-refractivity contribution in [3.63, 3.8) is 0 Å². The predicted octanol–water partition coefficient (Wildman–Crippen LogP) is 1.56. The van der Waals surface area contributed by atoms with Gasteiger partial charge in [-0.25, -0.2) is 0 Å². The van der Waals surface area contributed by atoms with Gasteiger partial charge in [-0.1, -0.05) is 6.92 Å². The van der Waals surface area contributed by atoms with Crippen molar-refractivity contribution in [2.45, 2.75) is 64.5 Å². The number of rotatable bonds is 8.